The van der Waals surface area contributed by atoms with E-state index in [4.69, 9.17) is 0 Å². The Morgan fingerprint density at radius 2 is 2.00 bits per heavy atom. The average Bonchev–Trinajstić information content (AvgIpc) is 2.20. The summed E-state index contributed by atoms with van der Waals surface area (Å²) >= 11 is 7.43. The molecule has 0 bridgehead atoms. The molecule has 2 unspecified atom stereocenters. The lowest BCUT2D eigenvalue weighted by molar-refractivity contribution is 0.500. The fourth-order valence-corrected chi connectivity index (χ4v) is 4.06. The van der Waals surface area contributed by atoms with Crippen molar-refractivity contribution in [3.63, 3.8) is 0 Å². The van der Waals surface area contributed by atoms with E-state index in [9.17, 15) is 0 Å². The molecule has 2 heteroatoms. The topological polar surface area (TPSA) is 0 Å². The molecule has 0 heterocycles. The summed E-state index contributed by atoms with van der Waals surface area (Å²) < 4.78 is 0.331. The molecule has 0 aromatic heterocycles. The highest BCUT2D eigenvalue weighted by molar-refractivity contribution is 9.25. The second kappa shape index (κ2) is 2.01. The van der Waals surface area contributed by atoms with Crippen LogP contribution in [0.1, 0.15) is 32.6 Å². The lowest BCUT2D eigenvalue weighted by Gasteiger charge is -2.08. The first kappa shape index (κ1) is 7.60. The van der Waals surface area contributed by atoms with Gasteiger partial charge in [-0.05, 0) is 30.6 Å². The summed E-state index contributed by atoms with van der Waals surface area (Å²) in [5.74, 6) is 0.956. The first-order valence-corrected chi connectivity index (χ1v) is 5.52. The van der Waals surface area contributed by atoms with E-state index in [0.29, 0.717) is 8.65 Å². The molecule has 10 heavy (non-hydrogen) atoms. The van der Waals surface area contributed by atoms with Gasteiger partial charge in [0.15, 0.2) is 0 Å². The number of hydrogen-bond acceptors (Lipinski definition) is 0. The molecule has 0 aliphatic heterocycles. The fraction of sp³-hybridized carbons (Fsp3) is 1.00. The zero-order valence-corrected chi connectivity index (χ0v) is 9.33. The lowest BCUT2D eigenvalue weighted by atomic mass is 10.0. The maximum Gasteiger partial charge on any atom is 0.0868 e. The SMILES string of the molecule is CC1CCC2(C1)CC2(Br)Br. The van der Waals surface area contributed by atoms with Crippen LogP contribution in [0.4, 0.5) is 0 Å². The fourth-order valence-electron chi connectivity index (χ4n) is 2.27. The van der Waals surface area contributed by atoms with Crippen LogP contribution in [-0.2, 0) is 0 Å². The molecule has 2 aliphatic carbocycles. The Kier molecular flexibility index (Phi) is 1.53. The van der Waals surface area contributed by atoms with Crippen molar-refractivity contribution in [2.24, 2.45) is 11.3 Å². The zero-order valence-electron chi connectivity index (χ0n) is 6.16. The molecule has 2 atom stereocenters. The number of alkyl halides is 2. The molecule has 0 N–H and O–H groups in total. The van der Waals surface area contributed by atoms with Gasteiger partial charge in [-0.25, -0.2) is 0 Å². The van der Waals surface area contributed by atoms with Gasteiger partial charge in [-0.3, -0.25) is 0 Å². The molecule has 0 aromatic rings. The van der Waals surface area contributed by atoms with E-state index >= 15 is 0 Å². The quantitative estimate of drug-likeness (QED) is 0.588. The highest BCUT2D eigenvalue weighted by Crippen LogP contribution is 2.74. The predicted molar refractivity (Wildman–Crippen MR) is 50.7 cm³/mol. The van der Waals surface area contributed by atoms with Crippen LogP contribution in [0.2, 0.25) is 0 Å². The Hall–Kier alpha value is 0.960. The van der Waals surface area contributed by atoms with Crippen LogP contribution in [0, 0.1) is 11.3 Å². The van der Waals surface area contributed by atoms with Gasteiger partial charge in [0.25, 0.3) is 0 Å². The maximum atomic E-state index is 3.71. The van der Waals surface area contributed by atoms with Crippen LogP contribution < -0.4 is 0 Å². The largest absolute Gasteiger partial charge is 0.0868 e. The third kappa shape index (κ3) is 0.911. The second-order valence-corrected chi connectivity index (χ2v) is 7.78. The molecule has 2 rings (SSSR count). The molecule has 2 aliphatic rings. The van der Waals surface area contributed by atoms with E-state index in [-0.39, 0.29) is 0 Å². The van der Waals surface area contributed by atoms with E-state index in [2.05, 4.69) is 38.8 Å². The van der Waals surface area contributed by atoms with E-state index in [1.54, 1.807) is 0 Å². The molecule has 2 fully saturated rings. The van der Waals surface area contributed by atoms with Crippen molar-refractivity contribution in [2.45, 2.75) is 35.8 Å². The summed E-state index contributed by atoms with van der Waals surface area (Å²) in [4.78, 5) is 0. The molecule has 58 valence electrons. The zero-order chi connectivity index (χ0) is 7.41. The van der Waals surface area contributed by atoms with Crippen molar-refractivity contribution in [1.29, 1.82) is 0 Å². The number of rotatable bonds is 0. The Bertz CT molecular complexity index is 165. The molecule has 0 radical (unpaired) electrons. The number of halogens is 2. The van der Waals surface area contributed by atoms with Gasteiger partial charge in [-0.1, -0.05) is 45.2 Å². The van der Waals surface area contributed by atoms with E-state index in [1.165, 1.54) is 25.7 Å². The average molecular weight is 268 g/mol. The molecule has 0 saturated heterocycles. The van der Waals surface area contributed by atoms with Gasteiger partial charge in [-0.2, -0.15) is 0 Å². The Labute approximate surface area is 79.0 Å². The third-order valence-electron chi connectivity index (χ3n) is 3.07. The van der Waals surface area contributed by atoms with Crippen molar-refractivity contribution >= 4 is 31.9 Å². The van der Waals surface area contributed by atoms with Gasteiger partial charge < -0.3 is 0 Å². The third-order valence-corrected chi connectivity index (χ3v) is 5.31. The minimum Gasteiger partial charge on any atom is -0.0721 e. The summed E-state index contributed by atoms with van der Waals surface area (Å²) in [5.41, 5.74) is 0.645. The monoisotopic (exact) mass is 266 g/mol. The highest BCUT2D eigenvalue weighted by Gasteiger charge is 2.66. The summed E-state index contributed by atoms with van der Waals surface area (Å²) in [5, 5.41) is 0. The molecular weight excluding hydrogens is 256 g/mol. The van der Waals surface area contributed by atoms with Crippen molar-refractivity contribution in [3.05, 3.63) is 0 Å². The molecule has 0 nitrogen and oxygen atoms in total. The molecule has 0 amide bonds. The van der Waals surface area contributed by atoms with Crippen LogP contribution >= 0.6 is 31.9 Å². The van der Waals surface area contributed by atoms with Crippen LogP contribution in [0.25, 0.3) is 0 Å². The summed E-state index contributed by atoms with van der Waals surface area (Å²) in [6, 6.07) is 0. The normalized spacial score (nSPS) is 50.1. The van der Waals surface area contributed by atoms with Crippen molar-refractivity contribution in [3.8, 4) is 0 Å². The van der Waals surface area contributed by atoms with Crippen LogP contribution in [0.15, 0.2) is 0 Å². The lowest BCUT2D eigenvalue weighted by Crippen LogP contribution is -2.02. The van der Waals surface area contributed by atoms with Crippen molar-refractivity contribution in [2.75, 3.05) is 0 Å². The van der Waals surface area contributed by atoms with Gasteiger partial charge in [0.2, 0.25) is 0 Å². The summed E-state index contributed by atoms with van der Waals surface area (Å²) in [6.07, 6.45) is 5.61. The minimum absolute atomic E-state index is 0.331. The Morgan fingerprint density at radius 1 is 1.40 bits per heavy atom. The first-order valence-electron chi connectivity index (χ1n) is 3.94. The van der Waals surface area contributed by atoms with Gasteiger partial charge >= 0.3 is 0 Å². The second-order valence-electron chi connectivity index (χ2n) is 4.01. The van der Waals surface area contributed by atoms with Crippen LogP contribution in [-0.4, -0.2) is 3.23 Å². The Balaban J connectivity index is 2.09. The van der Waals surface area contributed by atoms with Crippen LogP contribution in [0.3, 0.4) is 0 Å². The van der Waals surface area contributed by atoms with Gasteiger partial charge in [-0.15, -0.1) is 0 Å². The molecular formula is C8H12Br2. The first-order chi connectivity index (χ1) is 4.56. The predicted octanol–water partition coefficient (Wildman–Crippen LogP) is 3.68. The summed E-state index contributed by atoms with van der Waals surface area (Å²) in [7, 11) is 0. The molecule has 1 spiro atoms. The van der Waals surface area contributed by atoms with E-state index in [1.807, 2.05) is 0 Å². The van der Waals surface area contributed by atoms with E-state index in [0.717, 1.165) is 5.92 Å². The standard InChI is InChI=1S/C8H12Br2/c1-6-2-3-7(4-6)5-8(7,9)10/h6H,2-5H2,1H3. The smallest absolute Gasteiger partial charge is 0.0721 e. The van der Waals surface area contributed by atoms with Gasteiger partial charge in [0.05, 0.1) is 3.23 Å². The maximum absolute atomic E-state index is 3.71. The van der Waals surface area contributed by atoms with Crippen molar-refractivity contribution < 1.29 is 0 Å². The highest BCUT2D eigenvalue weighted by atomic mass is 79.9. The summed E-state index contributed by atoms with van der Waals surface area (Å²) in [6.45, 7) is 2.36. The van der Waals surface area contributed by atoms with Gasteiger partial charge in [0, 0.05) is 0 Å². The Morgan fingerprint density at radius 3 is 2.20 bits per heavy atom. The van der Waals surface area contributed by atoms with Gasteiger partial charge in [0.1, 0.15) is 0 Å². The van der Waals surface area contributed by atoms with Crippen LogP contribution in [0.5, 0.6) is 0 Å². The molecule has 2 saturated carbocycles. The minimum atomic E-state index is 0.331. The van der Waals surface area contributed by atoms with Crippen molar-refractivity contribution in [1.82, 2.24) is 0 Å². The molecule has 0 aromatic carbocycles. The van der Waals surface area contributed by atoms with E-state index < -0.39 is 0 Å². The number of hydrogen-bond donors (Lipinski definition) is 0.